The zero-order chi connectivity index (χ0) is 32.0. The molecule has 0 saturated carbocycles. The van der Waals surface area contributed by atoms with Gasteiger partial charge in [0.25, 0.3) is 0 Å². The first kappa shape index (κ1) is 32.4. The van der Waals surface area contributed by atoms with Crippen molar-refractivity contribution in [3.8, 4) is 5.88 Å². The van der Waals surface area contributed by atoms with Crippen LogP contribution in [-0.4, -0.2) is 51.9 Å². The average molecular weight is 620 g/mol. The number of aromatic nitrogens is 3. The first-order valence-corrected chi connectivity index (χ1v) is 14.0. The quantitative estimate of drug-likeness (QED) is 0.248. The second-order valence-corrected chi connectivity index (χ2v) is 10.2. The molecule has 0 unspecified atom stereocenters. The van der Waals surface area contributed by atoms with Crippen molar-refractivity contribution in [1.82, 2.24) is 15.0 Å². The molecule has 1 N–H and O–H groups in total. The van der Waals surface area contributed by atoms with Crippen LogP contribution in [0.5, 0.6) is 5.88 Å². The zero-order valence-electron chi connectivity index (χ0n) is 24.5. The minimum atomic E-state index is -4.70. The van der Waals surface area contributed by atoms with Crippen molar-refractivity contribution in [2.75, 3.05) is 23.5 Å². The molecule has 1 aliphatic rings. The molecule has 0 saturated heterocycles. The van der Waals surface area contributed by atoms with Gasteiger partial charge in [0.2, 0.25) is 11.8 Å². The molecule has 4 rings (SSSR count). The Bertz CT molecular complexity index is 1470. The standard InChI is InChI=1S/C30H33F4N5O5/c1-4-22-13-24(27-23(7-8-25(37-27)43-3)39(22)29(42)44-5-2)38(28-35-15-18(16-36-28)6-9-26(40)41)17-20-10-19(14-31)11-21(12-20)30(32,33)34/h7-8,10-12,15-16,22,24H,4-6,9,13-14,17H2,1-3H3,(H,40,41)/t22-,24+/m1/s1. The van der Waals surface area contributed by atoms with Gasteiger partial charge in [-0.3, -0.25) is 9.69 Å². The predicted octanol–water partition coefficient (Wildman–Crippen LogP) is 6.28. The molecule has 0 radical (unpaired) electrons. The summed E-state index contributed by atoms with van der Waals surface area (Å²) in [7, 11) is 1.43. The van der Waals surface area contributed by atoms with Crippen LogP contribution in [0.15, 0.2) is 42.7 Å². The number of carbonyl (C=O) groups is 2. The molecule has 1 aliphatic heterocycles. The minimum Gasteiger partial charge on any atom is -0.481 e. The number of methoxy groups -OCH3 is 1. The lowest BCUT2D eigenvalue weighted by Crippen LogP contribution is -2.48. The van der Waals surface area contributed by atoms with Gasteiger partial charge in [-0.15, -0.1) is 0 Å². The van der Waals surface area contributed by atoms with Crippen molar-refractivity contribution < 1.29 is 41.7 Å². The number of alkyl halides is 4. The number of carbonyl (C=O) groups excluding carboxylic acids is 1. The number of fused-ring (bicyclic) bond motifs is 1. The molecule has 1 aromatic carbocycles. The number of amides is 1. The number of benzene rings is 1. The molecular formula is C30H33F4N5O5. The van der Waals surface area contributed by atoms with E-state index in [4.69, 9.17) is 14.6 Å². The molecular weight excluding hydrogens is 586 g/mol. The van der Waals surface area contributed by atoms with Gasteiger partial charge in [-0.2, -0.15) is 13.2 Å². The fourth-order valence-corrected chi connectivity index (χ4v) is 5.24. The maximum absolute atomic E-state index is 13.8. The molecule has 2 atom stereocenters. The highest BCUT2D eigenvalue weighted by atomic mass is 19.4. The van der Waals surface area contributed by atoms with E-state index in [1.807, 2.05) is 6.92 Å². The number of ether oxygens (including phenoxy) is 2. The second kappa shape index (κ2) is 13.9. The smallest absolute Gasteiger partial charge is 0.416 e. The molecule has 0 fully saturated rings. The number of carboxylic acids is 1. The summed E-state index contributed by atoms with van der Waals surface area (Å²) in [6.07, 6.45) is -1.51. The summed E-state index contributed by atoms with van der Waals surface area (Å²) in [6.45, 7) is 2.48. The van der Waals surface area contributed by atoms with Gasteiger partial charge in [-0.05, 0) is 61.1 Å². The van der Waals surface area contributed by atoms with Crippen LogP contribution < -0.4 is 14.5 Å². The number of halogens is 4. The number of pyridine rings is 1. The Kier molecular flexibility index (Phi) is 10.2. The summed E-state index contributed by atoms with van der Waals surface area (Å²) in [5, 5.41) is 9.04. The molecule has 3 heterocycles. The van der Waals surface area contributed by atoms with Gasteiger partial charge in [-0.25, -0.2) is 24.1 Å². The summed E-state index contributed by atoms with van der Waals surface area (Å²) in [5.41, 5.74) is 0.414. The van der Waals surface area contributed by atoms with Gasteiger partial charge in [0.15, 0.2) is 0 Å². The molecule has 236 valence electrons. The summed E-state index contributed by atoms with van der Waals surface area (Å²) >= 11 is 0. The summed E-state index contributed by atoms with van der Waals surface area (Å²) in [6, 6.07) is 5.30. The van der Waals surface area contributed by atoms with Crippen molar-refractivity contribution in [1.29, 1.82) is 0 Å². The fourth-order valence-electron chi connectivity index (χ4n) is 5.24. The van der Waals surface area contributed by atoms with Crippen LogP contribution in [0.2, 0.25) is 0 Å². The Hall–Kier alpha value is -4.49. The molecule has 44 heavy (non-hydrogen) atoms. The third-order valence-corrected chi connectivity index (χ3v) is 7.30. The number of hydrogen-bond acceptors (Lipinski definition) is 8. The van der Waals surface area contributed by atoms with E-state index in [1.54, 1.807) is 24.0 Å². The van der Waals surface area contributed by atoms with E-state index < -0.39 is 36.5 Å². The fraction of sp³-hybridized carbons (Fsp3) is 0.433. The lowest BCUT2D eigenvalue weighted by atomic mass is 9.92. The maximum atomic E-state index is 13.8. The molecule has 2 aromatic heterocycles. The van der Waals surface area contributed by atoms with Gasteiger partial charge in [0.1, 0.15) is 6.67 Å². The zero-order valence-corrected chi connectivity index (χ0v) is 24.5. The second-order valence-electron chi connectivity index (χ2n) is 10.2. The molecule has 3 aromatic rings. The van der Waals surface area contributed by atoms with E-state index in [2.05, 4.69) is 15.0 Å². The van der Waals surface area contributed by atoms with Gasteiger partial charge in [0, 0.05) is 37.5 Å². The number of hydrogen-bond donors (Lipinski definition) is 1. The van der Waals surface area contributed by atoms with Crippen molar-refractivity contribution in [2.45, 2.75) is 71.0 Å². The van der Waals surface area contributed by atoms with Crippen LogP contribution in [0.25, 0.3) is 0 Å². The van der Waals surface area contributed by atoms with Gasteiger partial charge < -0.3 is 19.5 Å². The summed E-state index contributed by atoms with van der Waals surface area (Å²) in [5.74, 6) is -0.612. The molecule has 0 aliphatic carbocycles. The van der Waals surface area contributed by atoms with Crippen molar-refractivity contribution in [2.24, 2.45) is 0 Å². The van der Waals surface area contributed by atoms with Crippen LogP contribution in [0.4, 0.5) is 34.0 Å². The van der Waals surface area contributed by atoms with Gasteiger partial charge >= 0.3 is 18.2 Å². The molecule has 0 spiro atoms. The van der Waals surface area contributed by atoms with Crippen LogP contribution in [0.3, 0.4) is 0 Å². The molecule has 10 nitrogen and oxygen atoms in total. The Balaban J connectivity index is 1.87. The summed E-state index contributed by atoms with van der Waals surface area (Å²) < 4.78 is 65.7. The SMILES string of the molecule is CCOC(=O)N1c2ccc(OC)nc2[C@@H](N(Cc2cc(CF)cc(C(F)(F)F)c2)c2ncc(CCC(=O)O)cn2)C[C@H]1CC. The van der Waals surface area contributed by atoms with Crippen molar-refractivity contribution in [3.63, 3.8) is 0 Å². The number of aryl methyl sites for hydroxylation is 1. The monoisotopic (exact) mass is 619 g/mol. The normalized spacial score (nSPS) is 16.3. The Morgan fingerprint density at radius 1 is 1.09 bits per heavy atom. The predicted molar refractivity (Wildman–Crippen MR) is 152 cm³/mol. The van der Waals surface area contributed by atoms with Gasteiger partial charge in [0.05, 0.1) is 36.7 Å². The average Bonchev–Trinajstić information content (AvgIpc) is 3.01. The van der Waals surface area contributed by atoms with E-state index in [9.17, 15) is 27.2 Å². The lowest BCUT2D eigenvalue weighted by Gasteiger charge is -2.43. The number of rotatable bonds is 11. The third kappa shape index (κ3) is 7.34. The number of nitrogens with zero attached hydrogens (tertiary/aromatic N) is 5. The van der Waals surface area contributed by atoms with Crippen molar-refractivity contribution in [3.05, 3.63) is 70.7 Å². The Morgan fingerprint density at radius 2 is 1.80 bits per heavy atom. The first-order chi connectivity index (χ1) is 21.0. The van der Waals surface area contributed by atoms with Crippen LogP contribution >= 0.6 is 0 Å². The molecule has 14 heteroatoms. The Labute approximate surface area is 251 Å². The van der Waals surface area contributed by atoms with Crippen LogP contribution in [0, 0.1) is 0 Å². The number of carboxylic acid groups (broad SMARTS) is 1. The number of anilines is 2. The topological polar surface area (TPSA) is 118 Å². The molecule has 1 amide bonds. The van der Waals surface area contributed by atoms with Crippen LogP contribution in [0.1, 0.15) is 67.1 Å². The first-order valence-electron chi connectivity index (χ1n) is 14.0. The Morgan fingerprint density at radius 3 is 2.39 bits per heavy atom. The maximum Gasteiger partial charge on any atom is 0.416 e. The lowest BCUT2D eigenvalue weighted by molar-refractivity contribution is -0.138. The van der Waals surface area contributed by atoms with Crippen LogP contribution in [-0.2, 0) is 35.3 Å². The molecule has 0 bridgehead atoms. The number of aliphatic carboxylic acids is 1. The highest BCUT2D eigenvalue weighted by Gasteiger charge is 2.41. The van der Waals surface area contributed by atoms with Crippen molar-refractivity contribution >= 4 is 23.7 Å². The van der Waals surface area contributed by atoms with E-state index in [0.29, 0.717) is 23.4 Å². The third-order valence-electron chi connectivity index (χ3n) is 7.30. The van der Waals surface area contributed by atoms with Gasteiger partial charge in [-0.1, -0.05) is 13.0 Å². The highest BCUT2D eigenvalue weighted by Crippen LogP contribution is 2.43. The van der Waals surface area contributed by atoms with E-state index >= 15 is 0 Å². The van der Waals surface area contributed by atoms with E-state index in [0.717, 1.165) is 12.1 Å². The van der Waals surface area contributed by atoms with E-state index in [-0.39, 0.29) is 61.4 Å². The minimum absolute atomic E-state index is 0.128. The van der Waals surface area contributed by atoms with E-state index in [1.165, 1.54) is 30.5 Å². The largest absolute Gasteiger partial charge is 0.481 e. The highest BCUT2D eigenvalue weighted by molar-refractivity contribution is 5.90. The summed E-state index contributed by atoms with van der Waals surface area (Å²) in [4.78, 5) is 40.9.